The molecule has 0 spiro atoms. The number of aryl methyl sites for hydroxylation is 2. The van der Waals surface area contributed by atoms with Crippen molar-refractivity contribution in [2.75, 3.05) is 46.3 Å². The molecule has 1 aromatic heterocycles. The minimum absolute atomic E-state index is 0. The number of fused-ring (bicyclic) bond motifs is 3. The van der Waals surface area contributed by atoms with Crippen molar-refractivity contribution >= 4 is 41.3 Å². The number of thiazole rings is 1. The van der Waals surface area contributed by atoms with E-state index in [9.17, 15) is 0 Å². The smallest absolute Gasteiger partial charge is 0.191 e. The second-order valence-electron chi connectivity index (χ2n) is 6.04. The van der Waals surface area contributed by atoms with Crippen LogP contribution in [0.2, 0.25) is 0 Å². The van der Waals surface area contributed by atoms with Gasteiger partial charge in [-0.05, 0) is 13.8 Å². The quantitative estimate of drug-likeness (QED) is 0.408. The van der Waals surface area contributed by atoms with Crippen molar-refractivity contribution in [2.45, 2.75) is 26.4 Å². The van der Waals surface area contributed by atoms with Gasteiger partial charge in [0.25, 0.3) is 0 Å². The van der Waals surface area contributed by atoms with Gasteiger partial charge in [-0.25, -0.2) is 4.98 Å². The first-order valence-corrected chi connectivity index (χ1v) is 8.81. The Morgan fingerprint density at radius 1 is 1.26 bits per heavy atom. The number of piperazine rings is 3. The van der Waals surface area contributed by atoms with Crippen LogP contribution in [0, 0.1) is 13.8 Å². The molecule has 2 N–H and O–H groups in total. The number of nitrogens with one attached hydrogen (secondary N) is 2. The van der Waals surface area contributed by atoms with Gasteiger partial charge in [-0.2, -0.15) is 0 Å². The molecule has 0 aromatic carbocycles. The average Bonchev–Trinajstić information content (AvgIpc) is 2.86. The summed E-state index contributed by atoms with van der Waals surface area (Å²) in [6, 6.07) is 0.605. The van der Waals surface area contributed by atoms with Crippen molar-refractivity contribution < 1.29 is 0 Å². The van der Waals surface area contributed by atoms with E-state index >= 15 is 0 Å². The number of aliphatic imine (C=N–C) groups is 1. The lowest BCUT2D eigenvalue weighted by Crippen LogP contribution is -2.63. The molecule has 1 unspecified atom stereocenters. The standard InChI is InChI=1S/C15H26N6S.HI/c1-11-14(22-12(2)19-11)9-18-15(16-3)17-8-13-10-20-4-6-21(13)7-5-20;/h13H,4-10H2,1-3H3,(H2,16,17,18);1H. The summed E-state index contributed by atoms with van der Waals surface area (Å²) >= 11 is 1.75. The van der Waals surface area contributed by atoms with Gasteiger partial charge < -0.3 is 10.6 Å². The predicted molar refractivity (Wildman–Crippen MR) is 107 cm³/mol. The molecule has 6 nitrogen and oxygen atoms in total. The first-order chi connectivity index (χ1) is 10.7. The normalized spacial score (nSPS) is 26.7. The molecule has 130 valence electrons. The highest BCUT2D eigenvalue weighted by Gasteiger charge is 2.31. The Morgan fingerprint density at radius 3 is 2.52 bits per heavy atom. The molecular formula is C15H27IN6S. The Bertz CT molecular complexity index is 538. The van der Waals surface area contributed by atoms with Gasteiger partial charge in [-0.1, -0.05) is 0 Å². The molecule has 1 aromatic rings. The van der Waals surface area contributed by atoms with Gasteiger partial charge in [-0.3, -0.25) is 14.8 Å². The lowest BCUT2D eigenvalue weighted by molar-refractivity contribution is 0.0154. The fourth-order valence-electron chi connectivity index (χ4n) is 3.25. The Balaban J connectivity index is 0.00000192. The fourth-order valence-corrected chi connectivity index (χ4v) is 4.13. The molecule has 3 aliphatic heterocycles. The van der Waals surface area contributed by atoms with E-state index in [1.807, 2.05) is 7.05 Å². The summed E-state index contributed by atoms with van der Waals surface area (Å²) in [5.41, 5.74) is 1.12. The summed E-state index contributed by atoms with van der Waals surface area (Å²) in [7, 11) is 1.83. The van der Waals surface area contributed by atoms with Gasteiger partial charge in [0.15, 0.2) is 5.96 Å². The van der Waals surface area contributed by atoms with Crippen molar-refractivity contribution in [3.63, 3.8) is 0 Å². The summed E-state index contributed by atoms with van der Waals surface area (Å²) in [6.07, 6.45) is 0. The van der Waals surface area contributed by atoms with Crippen LogP contribution in [0.5, 0.6) is 0 Å². The lowest BCUT2D eigenvalue weighted by Gasteiger charge is -2.47. The number of hydrogen-bond donors (Lipinski definition) is 2. The number of hydrogen-bond acceptors (Lipinski definition) is 5. The van der Waals surface area contributed by atoms with Crippen molar-refractivity contribution in [3.05, 3.63) is 15.6 Å². The van der Waals surface area contributed by atoms with Crippen LogP contribution in [0.4, 0.5) is 0 Å². The number of guanidine groups is 1. The highest BCUT2D eigenvalue weighted by Crippen LogP contribution is 2.17. The molecule has 2 bridgehead atoms. The molecule has 1 atom stereocenters. The van der Waals surface area contributed by atoms with E-state index in [2.05, 4.69) is 44.3 Å². The lowest BCUT2D eigenvalue weighted by atomic mass is 10.1. The molecule has 23 heavy (non-hydrogen) atoms. The highest BCUT2D eigenvalue weighted by atomic mass is 127. The van der Waals surface area contributed by atoms with E-state index in [1.54, 1.807) is 11.3 Å². The van der Waals surface area contributed by atoms with Crippen molar-refractivity contribution in [1.29, 1.82) is 0 Å². The van der Waals surface area contributed by atoms with E-state index in [-0.39, 0.29) is 24.0 Å². The predicted octanol–water partition coefficient (Wildman–Crippen LogP) is 1.04. The third-order valence-corrected chi connectivity index (χ3v) is 5.61. The van der Waals surface area contributed by atoms with Gasteiger partial charge >= 0.3 is 0 Å². The summed E-state index contributed by atoms with van der Waals surface area (Å²) in [5, 5.41) is 8.00. The minimum Gasteiger partial charge on any atom is -0.355 e. The van der Waals surface area contributed by atoms with Gasteiger partial charge in [-0.15, -0.1) is 35.3 Å². The molecule has 0 saturated carbocycles. The van der Waals surface area contributed by atoms with E-state index < -0.39 is 0 Å². The topological polar surface area (TPSA) is 55.8 Å². The zero-order valence-corrected chi connectivity index (χ0v) is 17.3. The molecule has 4 rings (SSSR count). The maximum Gasteiger partial charge on any atom is 0.191 e. The van der Waals surface area contributed by atoms with E-state index in [0.717, 1.165) is 29.8 Å². The molecule has 3 aliphatic rings. The molecule has 8 heteroatoms. The largest absolute Gasteiger partial charge is 0.355 e. The van der Waals surface area contributed by atoms with Crippen LogP contribution in [0.25, 0.3) is 0 Å². The van der Waals surface area contributed by atoms with Crippen LogP contribution >= 0.6 is 35.3 Å². The van der Waals surface area contributed by atoms with E-state index in [1.165, 1.54) is 37.6 Å². The molecule has 0 radical (unpaired) electrons. The van der Waals surface area contributed by atoms with Gasteiger partial charge in [0.05, 0.1) is 17.2 Å². The van der Waals surface area contributed by atoms with E-state index in [0.29, 0.717) is 6.04 Å². The van der Waals surface area contributed by atoms with Crippen LogP contribution < -0.4 is 10.6 Å². The van der Waals surface area contributed by atoms with Gasteiger partial charge in [0.2, 0.25) is 0 Å². The number of halogens is 1. The first kappa shape index (κ1) is 18.9. The fraction of sp³-hybridized carbons (Fsp3) is 0.733. The SMILES string of the molecule is CN=C(NCc1sc(C)nc1C)NCC1CN2CCN1CC2.I. The van der Waals surface area contributed by atoms with Gasteiger partial charge in [0, 0.05) is 57.2 Å². The summed E-state index contributed by atoms with van der Waals surface area (Å²) in [5.74, 6) is 0.878. The Labute approximate surface area is 159 Å². The average molecular weight is 450 g/mol. The number of nitrogens with zero attached hydrogens (tertiary/aromatic N) is 4. The maximum atomic E-state index is 4.47. The van der Waals surface area contributed by atoms with Crippen LogP contribution in [0.15, 0.2) is 4.99 Å². The van der Waals surface area contributed by atoms with Crippen LogP contribution in [0.3, 0.4) is 0 Å². The van der Waals surface area contributed by atoms with Crippen molar-refractivity contribution in [3.8, 4) is 0 Å². The Hall–Kier alpha value is -0.450. The first-order valence-electron chi connectivity index (χ1n) is 7.99. The summed E-state index contributed by atoms with van der Waals surface area (Å²) in [6.45, 7) is 11.9. The molecule has 3 fully saturated rings. The van der Waals surface area contributed by atoms with Gasteiger partial charge in [0.1, 0.15) is 0 Å². The number of aromatic nitrogens is 1. The highest BCUT2D eigenvalue weighted by molar-refractivity contribution is 14.0. The second kappa shape index (κ2) is 8.59. The Kier molecular flexibility index (Phi) is 7.05. The van der Waals surface area contributed by atoms with Crippen LogP contribution in [-0.4, -0.2) is 73.1 Å². The number of rotatable bonds is 4. The third-order valence-electron chi connectivity index (χ3n) is 4.54. The maximum absolute atomic E-state index is 4.47. The summed E-state index contributed by atoms with van der Waals surface area (Å²) < 4.78 is 0. The molecule has 0 aliphatic carbocycles. The second-order valence-corrected chi connectivity index (χ2v) is 7.33. The zero-order chi connectivity index (χ0) is 15.5. The summed E-state index contributed by atoms with van der Waals surface area (Å²) in [4.78, 5) is 15.2. The molecular weight excluding hydrogens is 423 g/mol. The third kappa shape index (κ3) is 4.77. The molecule has 0 amide bonds. The minimum atomic E-state index is 0. The van der Waals surface area contributed by atoms with E-state index in [4.69, 9.17) is 0 Å². The molecule has 3 saturated heterocycles. The zero-order valence-electron chi connectivity index (χ0n) is 14.1. The van der Waals surface area contributed by atoms with Crippen LogP contribution in [0.1, 0.15) is 15.6 Å². The monoisotopic (exact) mass is 450 g/mol. The van der Waals surface area contributed by atoms with Crippen molar-refractivity contribution in [2.24, 2.45) is 4.99 Å². The van der Waals surface area contributed by atoms with Crippen LogP contribution in [-0.2, 0) is 6.54 Å². The van der Waals surface area contributed by atoms with Crippen molar-refractivity contribution in [1.82, 2.24) is 25.4 Å². The molecule has 4 heterocycles. The Morgan fingerprint density at radius 2 is 2.00 bits per heavy atom.